The van der Waals surface area contributed by atoms with Gasteiger partial charge in [-0.15, -0.1) is 0 Å². The van der Waals surface area contributed by atoms with E-state index in [1.807, 2.05) is 30.3 Å². The molecule has 0 bridgehead atoms. The maximum absolute atomic E-state index is 9.08. The molecule has 0 saturated carbocycles. The molecule has 0 aliphatic heterocycles. The molecule has 0 spiro atoms. The number of hydrogen-bond acceptors (Lipinski definition) is 2. The Hall–Kier alpha value is -1.22. The van der Waals surface area contributed by atoms with Gasteiger partial charge in [0.25, 0.3) is 0 Å². The van der Waals surface area contributed by atoms with Crippen LogP contribution < -0.4 is 22.6 Å². The van der Waals surface area contributed by atoms with Crippen LogP contribution in [0.2, 0.25) is 0 Å². The molecule has 0 heterocycles. The number of hydrogen-bond donors (Lipinski definition) is 0. The largest absolute Gasteiger partial charge is 1.00 e. The third kappa shape index (κ3) is 4.72. The van der Waals surface area contributed by atoms with Crippen LogP contribution >= 0.6 is 0 Å². The number of ether oxygens (including phenoxy) is 2. The molecule has 2 radical (unpaired) electrons. The van der Waals surface area contributed by atoms with Crippen molar-refractivity contribution in [1.29, 1.82) is 0 Å². The van der Waals surface area contributed by atoms with Crippen LogP contribution in [-0.4, -0.2) is 19.1 Å². The molecule has 76 valence electrons. The van der Waals surface area contributed by atoms with Gasteiger partial charge >= 0.3 is 11.3 Å². The van der Waals surface area contributed by atoms with Gasteiger partial charge in [0.2, 0.25) is 6.61 Å². The Morgan fingerprint density at radius 2 is 1.93 bits per heavy atom. The van der Waals surface area contributed by atoms with E-state index in [4.69, 9.17) is 14.9 Å². The Morgan fingerprint density at radius 3 is 2.50 bits per heavy atom. The average Bonchev–Trinajstić information content (AvgIpc) is 2.17. The second-order valence-electron chi connectivity index (χ2n) is 2.43. The van der Waals surface area contributed by atoms with Gasteiger partial charge in [0.05, 0.1) is 6.61 Å². The molecule has 1 aromatic rings. The molecule has 1 rings (SSSR count). The van der Waals surface area contributed by atoms with Crippen LogP contribution in [0.4, 0.5) is 0 Å². The highest BCUT2D eigenvalue weighted by molar-refractivity contribution is 5.75. The number of benzene rings is 1. The number of halogens is 1. The van der Waals surface area contributed by atoms with E-state index in [0.29, 0.717) is 12.4 Å². The van der Waals surface area contributed by atoms with E-state index in [1.165, 1.54) is 0 Å². The SMILES string of the molecule is CCOC(=[N+])COc1ccccc1.[Cl-]. The minimum absolute atomic E-state index is 0. The van der Waals surface area contributed by atoms with Crippen molar-refractivity contribution in [3.63, 3.8) is 0 Å². The molecule has 0 amide bonds. The van der Waals surface area contributed by atoms with E-state index in [2.05, 4.69) is 0 Å². The summed E-state index contributed by atoms with van der Waals surface area (Å²) in [6, 6.07) is 9.28. The fourth-order valence-corrected chi connectivity index (χ4v) is 0.870. The predicted octanol–water partition coefficient (Wildman–Crippen LogP) is -1.70. The van der Waals surface area contributed by atoms with E-state index < -0.39 is 0 Å². The Kier molecular flexibility index (Phi) is 6.58. The van der Waals surface area contributed by atoms with E-state index in [1.54, 1.807) is 6.92 Å². The lowest BCUT2D eigenvalue weighted by Crippen LogP contribution is -3.00. The monoisotopic (exact) mass is 213 g/mol. The minimum atomic E-state index is -0.0913. The average molecular weight is 214 g/mol. The topological polar surface area (TPSA) is 40.8 Å². The molecular formula is C10H12ClNO2. The fraction of sp³-hybridized carbons (Fsp3) is 0.300. The Labute approximate surface area is 90.0 Å². The molecule has 0 fully saturated rings. The normalized spacial score (nSPS) is 8.64. The second kappa shape index (κ2) is 7.21. The maximum atomic E-state index is 9.08. The first kappa shape index (κ1) is 12.8. The summed E-state index contributed by atoms with van der Waals surface area (Å²) in [7, 11) is 0. The van der Waals surface area contributed by atoms with Gasteiger partial charge in [-0.1, -0.05) is 18.2 Å². The molecule has 0 aliphatic rings. The van der Waals surface area contributed by atoms with Gasteiger partial charge in [-0.3, -0.25) is 0 Å². The number of nitrogens with zero attached hydrogens (tertiary/aromatic N) is 1. The Bertz CT molecular complexity index is 264. The zero-order valence-electron chi connectivity index (χ0n) is 7.94. The highest BCUT2D eigenvalue weighted by Gasteiger charge is 2.12. The van der Waals surface area contributed by atoms with Gasteiger partial charge in [-0.25, -0.2) is 0 Å². The first-order valence-electron chi connectivity index (χ1n) is 4.18. The zero-order chi connectivity index (χ0) is 9.52. The lowest BCUT2D eigenvalue weighted by molar-refractivity contribution is -0.00000391. The van der Waals surface area contributed by atoms with E-state index in [-0.39, 0.29) is 24.9 Å². The Balaban J connectivity index is 0.00000169. The van der Waals surface area contributed by atoms with Crippen LogP contribution in [-0.2, 0) is 4.74 Å². The van der Waals surface area contributed by atoms with Gasteiger partial charge in [0.1, 0.15) is 5.75 Å². The van der Waals surface area contributed by atoms with Crippen LogP contribution in [0, 0.1) is 0 Å². The Morgan fingerprint density at radius 1 is 1.29 bits per heavy atom. The fourth-order valence-electron chi connectivity index (χ4n) is 0.870. The summed E-state index contributed by atoms with van der Waals surface area (Å²) in [6.07, 6.45) is 0. The molecule has 0 N–H and O–H groups in total. The second-order valence-corrected chi connectivity index (χ2v) is 2.43. The molecule has 0 unspecified atom stereocenters. The summed E-state index contributed by atoms with van der Waals surface area (Å²) in [5.41, 5.74) is 0. The summed E-state index contributed by atoms with van der Waals surface area (Å²) in [5.74, 6) is 0.625. The highest BCUT2D eigenvalue weighted by Crippen LogP contribution is 2.07. The van der Waals surface area contributed by atoms with Gasteiger partial charge < -0.3 is 21.9 Å². The van der Waals surface area contributed by atoms with E-state index in [9.17, 15) is 0 Å². The number of rotatable bonds is 4. The van der Waals surface area contributed by atoms with Crippen molar-refractivity contribution < 1.29 is 21.9 Å². The first-order valence-corrected chi connectivity index (χ1v) is 4.18. The van der Waals surface area contributed by atoms with Gasteiger partial charge in [0.15, 0.2) is 0 Å². The lowest BCUT2D eigenvalue weighted by atomic mass is 10.3. The molecule has 0 saturated heterocycles. The predicted molar refractivity (Wildman–Crippen MR) is 50.7 cm³/mol. The molecule has 1 aromatic carbocycles. The van der Waals surface area contributed by atoms with E-state index in [0.717, 1.165) is 0 Å². The molecular weight excluding hydrogens is 202 g/mol. The molecule has 0 aliphatic carbocycles. The maximum Gasteiger partial charge on any atom is 0.539 e. The van der Waals surface area contributed by atoms with Crippen LogP contribution in [0.25, 0.3) is 0 Å². The third-order valence-electron chi connectivity index (χ3n) is 1.42. The number of para-hydroxylation sites is 1. The van der Waals surface area contributed by atoms with Crippen molar-refractivity contribution in [3.05, 3.63) is 30.3 Å². The standard InChI is InChI=1S/C10H12NO2.ClH/c1-2-12-10(11)8-13-9-6-4-3-5-7-9;/h3-7H,2,8H2,1H3;1H/q+1;/p-1. The minimum Gasteiger partial charge on any atom is -1.00 e. The van der Waals surface area contributed by atoms with Crippen molar-refractivity contribution in [2.24, 2.45) is 0 Å². The molecule has 4 heteroatoms. The summed E-state index contributed by atoms with van der Waals surface area (Å²) < 4.78 is 10.0. The van der Waals surface area contributed by atoms with Gasteiger partial charge in [-0.05, 0) is 19.1 Å². The lowest BCUT2D eigenvalue weighted by Gasteiger charge is -2.00. The van der Waals surface area contributed by atoms with Crippen LogP contribution in [0.1, 0.15) is 6.92 Å². The quantitative estimate of drug-likeness (QED) is 0.442. The third-order valence-corrected chi connectivity index (χ3v) is 1.42. The van der Waals surface area contributed by atoms with E-state index >= 15 is 0 Å². The molecule has 0 aromatic heterocycles. The molecule has 14 heavy (non-hydrogen) atoms. The van der Waals surface area contributed by atoms with Crippen molar-refractivity contribution in [3.8, 4) is 5.75 Å². The van der Waals surface area contributed by atoms with Gasteiger partial charge in [-0.2, -0.15) is 0 Å². The zero-order valence-corrected chi connectivity index (χ0v) is 8.70. The smallest absolute Gasteiger partial charge is 0.539 e. The van der Waals surface area contributed by atoms with Crippen molar-refractivity contribution in [2.75, 3.05) is 13.2 Å². The summed E-state index contributed by atoms with van der Waals surface area (Å²) in [4.78, 5) is 0. The molecule has 3 nitrogen and oxygen atoms in total. The summed E-state index contributed by atoms with van der Waals surface area (Å²) in [6.45, 7) is 2.33. The highest BCUT2D eigenvalue weighted by atomic mass is 35.5. The van der Waals surface area contributed by atoms with Crippen molar-refractivity contribution >= 4 is 5.90 Å². The van der Waals surface area contributed by atoms with Gasteiger partial charge in [0, 0.05) is 0 Å². The molecule has 0 atom stereocenters. The first-order chi connectivity index (χ1) is 6.33. The van der Waals surface area contributed by atoms with Crippen LogP contribution in [0.3, 0.4) is 0 Å². The van der Waals surface area contributed by atoms with Crippen molar-refractivity contribution in [1.82, 2.24) is 5.41 Å². The summed E-state index contributed by atoms with van der Waals surface area (Å²) >= 11 is 0. The van der Waals surface area contributed by atoms with Crippen molar-refractivity contribution in [2.45, 2.75) is 6.92 Å². The van der Waals surface area contributed by atoms with Crippen LogP contribution in [0.5, 0.6) is 5.75 Å². The van der Waals surface area contributed by atoms with Crippen LogP contribution in [0.15, 0.2) is 30.3 Å². The summed E-state index contributed by atoms with van der Waals surface area (Å²) in [5, 5.41) is 9.08.